The molecule has 1 aromatic carbocycles. The summed E-state index contributed by atoms with van der Waals surface area (Å²) in [4.78, 5) is 20.3. The van der Waals surface area contributed by atoms with E-state index in [1.807, 2.05) is 5.38 Å². The van der Waals surface area contributed by atoms with Crippen molar-refractivity contribution in [2.45, 2.75) is 0 Å². The van der Waals surface area contributed by atoms with Crippen LogP contribution >= 0.6 is 22.7 Å². The van der Waals surface area contributed by atoms with Crippen molar-refractivity contribution < 1.29 is 13.9 Å². The Morgan fingerprint density at radius 1 is 1.38 bits per heavy atom. The van der Waals surface area contributed by atoms with Gasteiger partial charge in [0.1, 0.15) is 11.6 Å². The van der Waals surface area contributed by atoms with Crippen LogP contribution < -0.4 is 10.1 Å². The molecule has 0 aliphatic carbocycles. The lowest BCUT2D eigenvalue weighted by molar-refractivity contribution is -0.111. The highest BCUT2D eigenvalue weighted by Gasteiger charge is 2.12. The Morgan fingerprint density at radius 2 is 2.25 bits per heavy atom. The summed E-state index contributed by atoms with van der Waals surface area (Å²) in [5.41, 5.74) is 3.48. The zero-order chi connectivity index (χ0) is 16.9. The molecule has 0 fully saturated rings. The fraction of sp³-hybridized carbons (Fsp3) is 0.0625. The zero-order valence-electron chi connectivity index (χ0n) is 12.5. The van der Waals surface area contributed by atoms with Gasteiger partial charge in [0.15, 0.2) is 5.13 Å². The molecule has 0 atom stereocenters. The number of carbonyl (C=O) groups is 1. The molecule has 8 heteroatoms. The van der Waals surface area contributed by atoms with Crippen LogP contribution in [0.2, 0.25) is 0 Å². The van der Waals surface area contributed by atoms with Crippen LogP contribution in [0.1, 0.15) is 5.69 Å². The molecule has 24 heavy (non-hydrogen) atoms. The van der Waals surface area contributed by atoms with Crippen LogP contribution in [-0.2, 0) is 4.79 Å². The minimum atomic E-state index is -0.379. The molecule has 1 N–H and O–H groups in total. The Balaban J connectivity index is 1.74. The van der Waals surface area contributed by atoms with Crippen LogP contribution in [0.3, 0.4) is 0 Å². The molecule has 0 aliphatic heterocycles. The third-order valence-electron chi connectivity index (χ3n) is 3.03. The Morgan fingerprint density at radius 3 is 3.00 bits per heavy atom. The summed E-state index contributed by atoms with van der Waals surface area (Å²) in [6, 6.07) is 4.21. The molecule has 3 aromatic rings. The topological polar surface area (TPSA) is 64.1 Å². The maximum atomic E-state index is 13.5. The number of carbonyl (C=O) groups excluding carboxylic acids is 1. The molecule has 0 bridgehead atoms. The second-order valence-corrected chi connectivity index (χ2v) is 6.20. The first-order chi connectivity index (χ1) is 11.7. The molecule has 0 spiro atoms. The number of amides is 1. The van der Waals surface area contributed by atoms with Crippen molar-refractivity contribution in [3.8, 4) is 17.0 Å². The van der Waals surface area contributed by atoms with Gasteiger partial charge in [0.25, 0.3) is 0 Å². The number of benzene rings is 1. The lowest BCUT2D eigenvalue weighted by Crippen LogP contribution is -2.07. The molecule has 122 valence electrons. The summed E-state index contributed by atoms with van der Waals surface area (Å²) in [7, 11) is 1.51. The average Bonchev–Trinajstić information content (AvgIpc) is 3.24. The number of methoxy groups -OCH3 is 1. The van der Waals surface area contributed by atoms with Crippen LogP contribution in [0.25, 0.3) is 17.3 Å². The summed E-state index contributed by atoms with van der Waals surface area (Å²) in [5, 5.41) is 6.66. The number of thiazole rings is 2. The van der Waals surface area contributed by atoms with E-state index in [4.69, 9.17) is 4.74 Å². The third-order valence-corrected chi connectivity index (χ3v) is 4.39. The van der Waals surface area contributed by atoms with E-state index in [0.29, 0.717) is 22.1 Å². The number of rotatable bonds is 5. The first kappa shape index (κ1) is 16.3. The average molecular weight is 361 g/mol. The molecular formula is C16H12FN3O2S2. The second kappa shape index (κ2) is 7.33. The highest BCUT2D eigenvalue weighted by Crippen LogP contribution is 2.32. The SMILES string of the molecule is COc1ccc(F)cc1-c1csc(NC(=O)/C=C/c2cscn2)n1. The van der Waals surface area contributed by atoms with E-state index in [1.54, 1.807) is 23.0 Å². The lowest BCUT2D eigenvalue weighted by atomic mass is 10.1. The minimum absolute atomic E-state index is 0.310. The third kappa shape index (κ3) is 3.84. The van der Waals surface area contributed by atoms with Crippen LogP contribution in [0.5, 0.6) is 5.75 Å². The Hall–Kier alpha value is -2.58. The quantitative estimate of drug-likeness (QED) is 0.696. The van der Waals surface area contributed by atoms with Gasteiger partial charge >= 0.3 is 0 Å². The monoisotopic (exact) mass is 361 g/mol. The summed E-state index contributed by atoms with van der Waals surface area (Å²) >= 11 is 2.71. The summed E-state index contributed by atoms with van der Waals surface area (Å²) in [6.45, 7) is 0. The summed E-state index contributed by atoms with van der Waals surface area (Å²) in [6.07, 6.45) is 3.01. The molecular weight excluding hydrogens is 349 g/mol. The van der Waals surface area contributed by atoms with Gasteiger partial charge in [-0.05, 0) is 24.3 Å². The van der Waals surface area contributed by atoms with E-state index in [1.165, 1.54) is 48.0 Å². The number of anilines is 1. The molecule has 0 saturated carbocycles. The van der Waals surface area contributed by atoms with Gasteiger partial charge in [-0.15, -0.1) is 22.7 Å². The van der Waals surface area contributed by atoms with Crippen LogP contribution in [0.15, 0.2) is 40.5 Å². The normalized spacial score (nSPS) is 10.9. The number of nitrogens with one attached hydrogen (secondary N) is 1. The van der Waals surface area contributed by atoms with Crippen LogP contribution in [-0.4, -0.2) is 23.0 Å². The van der Waals surface area contributed by atoms with Gasteiger partial charge in [0.2, 0.25) is 5.91 Å². The van der Waals surface area contributed by atoms with Crippen molar-refractivity contribution in [2.24, 2.45) is 0 Å². The van der Waals surface area contributed by atoms with Crippen molar-refractivity contribution in [1.82, 2.24) is 9.97 Å². The number of hydrogen-bond acceptors (Lipinski definition) is 6. The summed E-state index contributed by atoms with van der Waals surface area (Å²) in [5.74, 6) is -0.173. The fourth-order valence-corrected chi connectivity index (χ4v) is 3.18. The molecule has 1 amide bonds. The molecule has 0 aliphatic rings. The van der Waals surface area contributed by atoms with Crippen molar-refractivity contribution in [3.05, 3.63) is 52.1 Å². The molecule has 0 radical (unpaired) electrons. The second-order valence-electron chi connectivity index (χ2n) is 4.62. The van der Waals surface area contributed by atoms with Crippen LogP contribution in [0, 0.1) is 5.82 Å². The number of ether oxygens (including phenoxy) is 1. The molecule has 5 nitrogen and oxygen atoms in total. The highest BCUT2D eigenvalue weighted by molar-refractivity contribution is 7.14. The van der Waals surface area contributed by atoms with E-state index in [0.717, 1.165) is 5.69 Å². The standard InChI is InChI=1S/C16H12FN3O2S2/c1-22-14-4-2-10(17)6-12(14)13-8-24-16(19-13)20-15(21)5-3-11-7-23-9-18-11/h2-9H,1H3,(H,19,20,21)/b5-3+. The predicted molar refractivity (Wildman–Crippen MR) is 93.8 cm³/mol. The van der Waals surface area contributed by atoms with Gasteiger partial charge in [-0.25, -0.2) is 14.4 Å². The molecule has 0 saturated heterocycles. The highest BCUT2D eigenvalue weighted by atomic mass is 32.1. The van der Waals surface area contributed by atoms with Crippen molar-refractivity contribution in [2.75, 3.05) is 12.4 Å². The van der Waals surface area contributed by atoms with Crippen molar-refractivity contribution in [1.29, 1.82) is 0 Å². The van der Waals surface area contributed by atoms with Gasteiger partial charge in [0.05, 0.1) is 24.0 Å². The first-order valence-electron chi connectivity index (χ1n) is 6.82. The fourth-order valence-electron chi connectivity index (χ4n) is 1.95. The molecule has 2 heterocycles. The molecule has 0 unspecified atom stereocenters. The lowest BCUT2D eigenvalue weighted by Gasteiger charge is -2.05. The van der Waals surface area contributed by atoms with Gasteiger partial charge in [-0.3, -0.25) is 10.1 Å². The van der Waals surface area contributed by atoms with E-state index >= 15 is 0 Å². The number of nitrogens with zero attached hydrogens (tertiary/aromatic N) is 2. The van der Waals surface area contributed by atoms with E-state index in [-0.39, 0.29) is 11.7 Å². The Bertz CT molecular complexity index is 875. The van der Waals surface area contributed by atoms with Gasteiger partial charge in [-0.1, -0.05) is 0 Å². The van der Waals surface area contributed by atoms with Crippen molar-refractivity contribution in [3.63, 3.8) is 0 Å². The number of halogens is 1. The van der Waals surface area contributed by atoms with E-state index in [9.17, 15) is 9.18 Å². The number of aromatic nitrogens is 2. The minimum Gasteiger partial charge on any atom is -0.496 e. The van der Waals surface area contributed by atoms with Gasteiger partial charge in [0, 0.05) is 22.4 Å². The van der Waals surface area contributed by atoms with E-state index in [2.05, 4.69) is 15.3 Å². The van der Waals surface area contributed by atoms with Gasteiger partial charge in [-0.2, -0.15) is 0 Å². The molecule has 3 rings (SSSR count). The first-order valence-corrected chi connectivity index (χ1v) is 8.64. The smallest absolute Gasteiger partial charge is 0.250 e. The zero-order valence-corrected chi connectivity index (χ0v) is 14.2. The van der Waals surface area contributed by atoms with Crippen LogP contribution in [0.4, 0.5) is 9.52 Å². The predicted octanol–water partition coefficient (Wildman–Crippen LogP) is 4.07. The van der Waals surface area contributed by atoms with E-state index < -0.39 is 0 Å². The Labute approximate surface area is 145 Å². The number of hydrogen-bond donors (Lipinski definition) is 1. The van der Waals surface area contributed by atoms with Crippen molar-refractivity contribution >= 4 is 39.8 Å². The van der Waals surface area contributed by atoms with Gasteiger partial charge < -0.3 is 4.74 Å². The summed E-state index contributed by atoms with van der Waals surface area (Å²) < 4.78 is 18.7. The largest absolute Gasteiger partial charge is 0.496 e. The Kier molecular flexibility index (Phi) is 4.97. The maximum Gasteiger partial charge on any atom is 0.250 e. The molecule has 2 aromatic heterocycles. The maximum absolute atomic E-state index is 13.5.